The van der Waals surface area contributed by atoms with E-state index in [1.807, 2.05) is 16.7 Å². The van der Waals surface area contributed by atoms with Crippen LogP contribution in [-0.4, -0.2) is 97.1 Å². The van der Waals surface area contributed by atoms with Crippen molar-refractivity contribution >= 4 is 12.2 Å². The SMILES string of the molecule is COC(=O)N1C2CCC(C3CNN(C4CC4)C3)CC2N(C(=O)OC2CCCNC2)C[C@@H]1C. The predicted octanol–water partition coefficient (Wildman–Crippen LogP) is 1.78. The molecule has 9 heteroatoms. The number of ether oxygens (including phenoxy) is 2. The van der Waals surface area contributed by atoms with Gasteiger partial charge in [-0.15, -0.1) is 0 Å². The maximum absolute atomic E-state index is 13.3. The van der Waals surface area contributed by atoms with Gasteiger partial charge in [-0.05, 0) is 70.3 Å². The summed E-state index contributed by atoms with van der Waals surface area (Å²) in [7, 11) is 1.45. The van der Waals surface area contributed by atoms with E-state index in [9.17, 15) is 9.59 Å². The predicted molar refractivity (Wildman–Crippen MR) is 119 cm³/mol. The number of rotatable bonds is 3. The van der Waals surface area contributed by atoms with E-state index in [4.69, 9.17) is 9.47 Å². The number of nitrogens with zero attached hydrogens (tertiary/aromatic N) is 3. The Morgan fingerprint density at radius 3 is 2.50 bits per heavy atom. The lowest BCUT2D eigenvalue weighted by atomic mass is 9.73. The molecule has 180 valence electrons. The molecule has 6 atom stereocenters. The summed E-state index contributed by atoms with van der Waals surface area (Å²) in [5.74, 6) is 1.15. The molecule has 5 fully saturated rings. The summed E-state index contributed by atoms with van der Waals surface area (Å²) in [6.07, 6.45) is 6.91. The van der Waals surface area contributed by atoms with Crippen molar-refractivity contribution in [3.63, 3.8) is 0 Å². The molecule has 2 amide bonds. The van der Waals surface area contributed by atoms with E-state index in [2.05, 4.69) is 15.8 Å². The Balaban J connectivity index is 1.30. The second-order valence-electron chi connectivity index (χ2n) is 10.4. The number of piperidine rings is 1. The first kappa shape index (κ1) is 22.2. The fourth-order valence-electron chi connectivity index (χ4n) is 6.44. The summed E-state index contributed by atoms with van der Waals surface area (Å²) in [6, 6.07) is 0.615. The lowest BCUT2D eigenvalue weighted by Gasteiger charge is -2.53. The van der Waals surface area contributed by atoms with E-state index in [1.54, 1.807) is 0 Å². The number of hydrogen-bond donors (Lipinski definition) is 2. The standard InChI is InChI=1S/C23H39N5O4/c1-15-13-26(22(29)32-19-4-3-9-24-12-19)21-10-16(5-8-20(21)28(15)23(30)31-2)17-11-25-27(14-17)18-6-7-18/h15-21,24-25H,3-14H2,1-2H3/t15-,16?,17?,19?,20?,21?/m0/s1. The molecular formula is C23H39N5O4. The van der Waals surface area contributed by atoms with Crippen LogP contribution in [0, 0.1) is 11.8 Å². The highest BCUT2D eigenvalue weighted by Crippen LogP contribution is 2.41. The zero-order valence-corrected chi connectivity index (χ0v) is 19.5. The van der Waals surface area contributed by atoms with Gasteiger partial charge in [-0.2, -0.15) is 0 Å². The summed E-state index contributed by atoms with van der Waals surface area (Å²) in [6.45, 7) is 6.35. The molecule has 3 aliphatic heterocycles. The van der Waals surface area contributed by atoms with Gasteiger partial charge in [0.2, 0.25) is 0 Å². The zero-order chi connectivity index (χ0) is 22.2. The van der Waals surface area contributed by atoms with Crippen molar-refractivity contribution in [2.75, 3.05) is 39.8 Å². The van der Waals surface area contributed by atoms with Crippen LogP contribution in [0.5, 0.6) is 0 Å². The van der Waals surface area contributed by atoms with Gasteiger partial charge in [-0.1, -0.05) is 0 Å². The molecule has 5 unspecified atom stereocenters. The van der Waals surface area contributed by atoms with Gasteiger partial charge >= 0.3 is 12.2 Å². The van der Waals surface area contributed by atoms with Crippen molar-refractivity contribution in [1.82, 2.24) is 25.6 Å². The molecule has 0 aromatic carbocycles. The van der Waals surface area contributed by atoms with Crippen molar-refractivity contribution in [1.29, 1.82) is 0 Å². The molecule has 0 aromatic rings. The molecule has 5 aliphatic rings. The molecule has 0 aromatic heterocycles. The Labute approximate surface area is 191 Å². The number of amides is 2. The average molecular weight is 450 g/mol. The van der Waals surface area contributed by atoms with Crippen LogP contribution in [0.4, 0.5) is 9.59 Å². The van der Waals surface area contributed by atoms with Gasteiger partial charge in [0.25, 0.3) is 0 Å². The highest BCUT2D eigenvalue weighted by molar-refractivity contribution is 5.72. The first-order chi connectivity index (χ1) is 15.5. The summed E-state index contributed by atoms with van der Waals surface area (Å²) < 4.78 is 11.1. The maximum Gasteiger partial charge on any atom is 0.410 e. The van der Waals surface area contributed by atoms with E-state index in [0.29, 0.717) is 18.4 Å². The lowest BCUT2D eigenvalue weighted by Crippen LogP contribution is -2.67. The highest BCUT2D eigenvalue weighted by atomic mass is 16.6. The third kappa shape index (κ3) is 4.43. The number of nitrogens with one attached hydrogen (secondary N) is 2. The second kappa shape index (κ2) is 9.35. The minimum atomic E-state index is -0.280. The molecule has 0 bridgehead atoms. The first-order valence-electron chi connectivity index (χ1n) is 12.6. The fraction of sp³-hybridized carbons (Fsp3) is 0.913. The number of hydrogen-bond acceptors (Lipinski definition) is 7. The molecule has 9 nitrogen and oxygen atoms in total. The minimum absolute atomic E-state index is 0.00613. The van der Waals surface area contributed by atoms with Crippen molar-refractivity contribution in [2.45, 2.75) is 82.1 Å². The van der Waals surface area contributed by atoms with E-state index in [-0.39, 0.29) is 36.4 Å². The molecule has 2 saturated carbocycles. The molecule has 0 radical (unpaired) electrons. The Morgan fingerprint density at radius 1 is 0.938 bits per heavy atom. The van der Waals surface area contributed by atoms with Gasteiger partial charge in [-0.25, -0.2) is 14.6 Å². The van der Waals surface area contributed by atoms with Crippen LogP contribution in [0.2, 0.25) is 0 Å². The largest absolute Gasteiger partial charge is 0.453 e. The van der Waals surface area contributed by atoms with Crippen molar-refractivity contribution < 1.29 is 19.1 Å². The molecule has 2 N–H and O–H groups in total. The Bertz CT molecular complexity index is 698. The number of carbonyl (C=O) groups excluding carboxylic acids is 2. The number of hydrazine groups is 1. The van der Waals surface area contributed by atoms with Crippen molar-refractivity contribution in [3.05, 3.63) is 0 Å². The van der Waals surface area contributed by atoms with E-state index < -0.39 is 0 Å². The van der Waals surface area contributed by atoms with Crippen LogP contribution in [-0.2, 0) is 9.47 Å². The molecule has 5 rings (SSSR count). The first-order valence-corrected chi connectivity index (χ1v) is 12.6. The Morgan fingerprint density at radius 2 is 1.78 bits per heavy atom. The maximum atomic E-state index is 13.3. The Hall–Kier alpha value is -1.58. The highest BCUT2D eigenvalue weighted by Gasteiger charge is 2.50. The van der Waals surface area contributed by atoms with Gasteiger partial charge in [0.05, 0.1) is 25.2 Å². The Kier molecular flexibility index (Phi) is 6.49. The summed E-state index contributed by atoms with van der Waals surface area (Å²) in [4.78, 5) is 29.8. The lowest BCUT2D eigenvalue weighted by molar-refractivity contribution is -0.0480. The smallest absolute Gasteiger partial charge is 0.410 e. The van der Waals surface area contributed by atoms with Crippen LogP contribution in [0.25, 0.3) is 0 Å². The number of carbonyl (C=O) groups is 2. The third-order valence-corrected chi connectivity index (χ3v) is 8.30. The zero-order valence-electron chi connectivity index (χ0n) is 19.5. The molecule has 2 aliphatic carbocycles. The minimum Gasteiger partial charge on any atom is -0.453 e. The van der Waals surface area contributed by atoms with Gasteiger partial charge in [-0.3, -0.25) is 10.3 Å². The molecule has 3 saturated heterocycles. The molecule has 3 heterocycles. The monoisotopic (exact) mass is 449 g/mol. The van der Waals surface area contributed by atoms with Crippen LogP contribution in [0.15, 0.2) is 0 Å². The number of fused-ring (bicyclic) bond motifs is 1. The summed E-state index contributed by atoms with van der Waals surface area (Å²) in [5.41, 5.74) is 3.61. The van der Waals surface area contributed by atoms with Crippen LogP contribution in [0.3, 0.4) is 0 Å². The molecular weight excluding hydrogens is 410 g/mol. The molecule has 0 spiro atoms. The van der Waals surface area contributed by atoms with Gasteiger partial charge in [0.1, 0.15) is 6.10 Å². The quantitative estimate of drug-likeness (QED) is 0.679. The van der Waals surface area contributed by atoms with Gasteiger partial charge in [0, 0.05) is 32.2 Å². The number of methoxy groups -OCH3 is 1. The van der Waals surface area contributed by atoms with Crippen LogP contribution in [0.1, 0.15) is 51.9 Å². The molecule has 32 heavy (non-hydrogen) atoms. The summed E-state index contributed by atoms with van der Waals surface area (Å²) >= 11 is 0. The summed E-state index contributed by atoms with van der Waals surface area (Å²) in [5, 5.41) is 5.76. The fourth-order valence-corrected chi connectivity index (χ4v) is 6.44. The van der Waals surface area contributed by atoms with E-state index in [0.717, 1.165) is 64.3 Å². The van der Waals surface area contributed by atoms with Crippen LogP contribution >= 0.6 is 0 Å². The van der Waals surface area contributed by atoms with E-state index in [1.165, 1.54) is 20.0 Å². The normalized spacial score (nSPS) is 38.3. The van der Waals surface area contributed by atoms with Crippen molar-refractivity contribution in [3.8, 4) is 0 Å². The topological polar surface area (TPSA) is 86.4 Å². The van der Waals surface area contributed by atoms with Gasteiger partial charge in [0.15, 0.2) is 0 Å². The van der Waals surface area contributed by atoms with Crippen LogP contribution < -0.4 is 10.7 Å². The van der Waals surface area contributed by atoms with Gasteiger partial charge < -0.3 is 19.7 Å². The third-order valence-electron chi connectivity index (χ3n) is 8.30. The van der Waals surface area contributed by atoms with E-state index >= 15 is 0 Å². The second-order valence-corrected chi connectivity index (χ2v) is 10.4. The number of piperazine rings is 1. The average Bonchev–Trinajstić information content (AvgIpc) is 3.55. The van der Waals surface area contributed by atoms with Crippen molar-refractivity contribution in [2.24, 2.45) is 11.8 Å².